The summed E-state index contributed by atoms with van der Waals surface area (Å²) < 4.78 is 0. The molecular formula is C16H27N3O5. The predicted octanol–water partition coefficient (Wildman–Crippen LogP) is 0.313. The zero-order valence-electron chi connectivity index (χ0n) is 14.2. The van der Waals surface area contributed by atoms with Gasteiger partial charge in [0, 0.05) is 32.9 Å². The zero-order chi connectivity index (χ0) is 18.0. The molecule has 3 amide bonds. The van der Waals surface area contributed by atoms with Crippen molar-refractivity contribution in [2.45, 2.75) is 63.8 Å². The van der Waals surface area contributed by atoms with Crippen LogP contribution >= 0.6 is 0 Å². The lowest BCUT2D eigenvalue weighted by atomic mass is 9.90. The third-order valence-corrected chi connectivity index (χ3v) is 4.15. The Bertz CT molecular complexity index is 470. The molecule has 0 heterocycles. The molecule has 0 aromatic carbocycles. The van der Waals surface area contributed by atoms with Gasteiger partial charge in [-0.05, 0) is 12.8 Å². The van der Waals surface area contributed by atoms with Crippen molar-refractivity contribution in [3.63, 3.8) is 0 Å². The molecule has 0 saturated heterocycles. The molecule has 1 fully saturated rings. The first-order valence-corrected chi connectivity index (χ1v) is 8.41. The van der Waals surface area contributed by atoms with Gasteiger partial charge in [0.1, 0.15) is 5.54 Å². The molecule has 0 bridgehead atoms. The predicted molar refractivity (Wildman–Crippen MR) is 87.1 cm³/mol. The van der Waals surface area contributed by atoms with Gasteiger partial charge >= 0.3 is 5.97 Å². The molecule has 0 atom stereocenters. The Labute approximate surface area is 141 Å². The lowest BCUT2D eigenvalue weighted by molar-refractivity contribution is -0.148. The van der Waals surface area contributed by atoms with E-state index in [0.717, 1.165) is 25.7 Å². The van der Waals surface area contributed by atoms with E-state index >= 15 is 0 Å². The van der Waals surface area contributed by atoms with Crippen molar-refractivity contribution in [1.29, 1.82) is 0 Å². The molecule has 1 aliphatic carbocycles. The van der Waals surface area contributed by atoms with E-state index in [1.54, 1.807) is 0 Å². The fourth-order valence-electron chi connectivity index (χ4n) is 2.81. The summed E-state index contributed by atoms with van der Waals surface area (Å²) in [6.45, 7) is 2.01. The quantitative estimate of drug-likeness (QED) is 0.374. The van der Waals surface area contributed by atoms with E-state index < -0.39 is 17.4 Å². The highest BCUT2D eigenvalue weighted by atomic mass is 16.4. The van der Waals surface area contributed by atoms with Crippen LogP contribution < -0.4 is 16.0 Å². The van der Waals surface area contributed by atoms with Gasteiger partial charge in [-0.1, -0.05) is 25.7 Å². The first-order chi connectivity index (χ1) is 11.4. The number of carboxylic acids is 1. The van der Waals surface area contributed by atoms with Crippen molar-refractivity contribution >= 4 is 23.7 Å². The van der Waals surface area contributed by atoms with Crippen molar-refractivity contribution in [3.8, 4) is 0 Å². The molecule has 136 valence electrons. The standard InChI is InChI=1S/C16H27N3O5/c1-12(20)17-10-11-18-13(21)6-7-14(22)19-16(15(23)24)8-4-2-3-5-9-16/h2-11H2,1H3,(H,17,20)(H,18,21)(H,19,22)(H,23,24). The molecule has 1 rings (SSSR count). The number of nitrogens with one attached hydrogen (secondary N) is 3. The lowest BCUT2D eigenvalue weighted by Gasteiger charge is -2.29. The lowest BCUT2D eigenvalue weighted by Crippen LogP contribution is -2.54. The van der Waals surface area contributed by atoms with Crippen molar-refractivity contribution in [1.82, 2.24) is 16.0 Å². The number of hydrogen-bond donors (Lipinski definition) is 4. The van der Waals surface area contributed by atoms with E-state index in [1.165, 1.54) is 6.92 Å². The summed E-state index contributed by atoms with van der Waals surface area (Å²) in [4.78, 5) is 46.0. The summed E-state index contributed by atoms with van der Waals surface area (Å²) in [5.74, 6) is -1.90. The largest absolute Gasteiger partial charge is 0.480 e. The van der Waals surface area contributed by atoms with Gasteiger partial charge in [-0.2, -0.15) is 0 Å². The SMILES string of the molecule is CC(=O)NCCNC(=O)CCC(=O)NC1(C(=O)O)CCCCCC1. The third-order valence-electron chi connectivity index (χ3n) is 4.15. The molecule has 8 nitrogen and oxygen atoms in total. The highest BCUT2D eigenvalue weighted by molar-refractivity contribution is 5.89. The number of carbonyl (C=O) groups is 4. The second-order valence-corrected chi connectivity index (χ2v) is 6.18. The summed E-state index contributed by atoms with van der Waals surface area (Å²) >= 11 is 0. The van der Waals surface area contributed by atoms with Crippen LogP contribution in [0, 0.1) is 0 Å². The van der Waals surface area contributed by atoms with Crippen LogP contribution in [0.2, 0.25) is 0 Å². The minimum absolute atomic E-state index is 0.0123. The smallest absolute Gasteiger partial charge is 0.329 e. The second-order valence-electron chi connectivity index (χ2n) is 6.18. The molecular weight excluding hydrogens is 314 g/mol. The zero-order valence-corrected chi connectivity index (χ0v) is 14.2. The maximum atomic E-state index is 12.0. The van der Waals surface area contributed by atoms with Crippen molar-refractivity contribution in [2.24, 2.45) is 0 Å². The highest BCUT2D eigenvalue weighted by Gasteiger charge is 2.39. The van der Waals surface area contributed by atoms with Crippen LogP contribution in [0.4, 0.5) is 0 Å². The second kappa shape index (κ2) is 9.89. The normalized spacial score (nSPS) is 16.5. The number of aliphatic carboxylic acids is 1. The summed E-state index contributed by atoms with van der Waals surface area (Å²) in [6.07, 6.45) is 4.28. The first-order valence-electron chi connectivity index (χ1n) is 8.41. The maximum Gasteiger partial charge on any atom is 0.329 e. The molecule has 4 N–H and O–H groups in total. The Balaban J connectivity index is 2.36. The van der Waals surface area contributed by atoms with Gasteiger partial charge in [0.2, 0.25) is 17.7 Å². The van der Waals surface area contributed by atoms with Crippen molar-refractivity contribution < 1.29 is 24.3 Å². The average Bonchev–Trinajstić information content (AvgIpc) is 2.76. The van der Waals surface area contributed by atoms with Crippen LogP contribution in [0.3, 0.4) is 0 Å². The number of rotatable bonds is 8. The third kappa shape index (κ3) is 6.97. The van der Waals surface area contributed by atoms with Gasteiger partial charge in [0.05, 0.1) is 0 Å². The fraction of sp³-hybridized carbons (Fsp3) is 0.750. The molecule has 0 spiro atoms. The van der Waals surface area contributed by atoms with Crippen LogP contribution in [-0.2, 0) is 19.2 Å². The molecule has 8 heteroatoms. The molecule has 24 heavy (non-hydrogen) atoms. The minimum atomic E-state index is -1.20. The van der Waals surface area contributed by atoms with Gasteiger partial charge in [-0.3, -0.25) is 14.4 Å². The summed E-state index contributed by atoms with van der Waals surface area (Å²) in [7, 11) is 0. The molecule has 1 saturated carbocycles. The minimum Gasteiger partial charge on any atom is -0.480 e. The van der Waals surface area contributed by atoms with E-state index in [0.29, 0.717) is 25.9 Å². The van der Waals surface area contributed by atoms with Crippen LogP contribution in [0.1, 0.15) is 58.3 Å². The summed E-state index contributed by atoms with van der Waals surface area (Å²) in [5.41, 5.74) is -1.20. The Hall–Kier alpha value is -2.12. The highest BCUT2D eigenvalue weighted by Crippen LogP contribution is 2.27. The van der Waals surface area contributed by atoms with Crippen LogP contribution in [-0.4, -0.2) is 47.4 Å². The Morgan fingerprint density at radius 1 is 0.875 bits per heavy atom. The van der Waals surface area contributed by atoms with Gasteiger partial charge in [-0.15, -0.1) is 0 Å². The topological polar surface area (TPSA) is 125 Å². The van der Waals surface area contributed by atoms with E-state index in [-0.39, 0.29) is 24.7 Å². The number of hydrogen-bond acceptors (Lipinski definition) is 4. The van der Waals surface area contributed by atoms with Crippen molar-refractivity contribution in [2.75, 3.05) is 13.1 Å². The van der Waals surface area contributed by atoms with E-state index in [1.807, 2.05) is 0 Å². The maximum absolute atomic E-state index is 12.0. The van der Waals surface area contributed by atoms with Gasteiger partial charge < -0.3 is 21.1 Å². The Kier molecular flexibility index (Phi) is 8.21. The fourth-order valence-corrected chi connectivity index (χ4v) is 2.81. The van der Waals surface area contributed by atoms with E-state index in [9.17, 15) is 24.3 Å². The van der Waals surface area contributed by atoms with Crippen molar-refractivity contribution in [3.05, 3.63) is 0 Å². The Morgan fingerprint density at radius 3 is 1.96 bits per heavy atom. The molecule has 1 aliphatic rings. The molecule has 0 unspecified atom stereocenters. The van der Waals surface area contributed by atoms with E-state index in [2.05, 4.69) is 16.0 Å². The number of carbonyl (C=O) groups excluding carboxylic acids is 3. The number of amides is 3. The van der Waals surface area contributed by atoms with Crippen LogP contribution in [0.15, 0.2) is 0 Å². The molecule has 0 aliphatic heterocycles. The summed E-state index contributed by atoms with van der Waals surface area (Å²) in [5, 5.41) is 17.3. The van der Waals surface area contributed by atoms with Crippen LogP contribution in [0.5, 0.6) is 0 Å². The Morgan fingerprint density at radius 2 is 1.42 bits per heavy atom. The van der Waals surface area contributed by atoms with Gasteiger partial charge in [0.25, 0.3) is 0 Å². The van der Waals surface area contributed by atoms with Gasteiger partial charge in [-0.25, -0.2) is 4.79 Å². The average molecular weight is 341 g/mol. The molecule has 0 radical (unpaired) electrons. The molecule has 0 aromatic heterocycles. The number of carboxylic acid groups (broad SMARTS) is 1. The van der Waals surface area contributed by atoms with E-state index in [4.69, 9.17) is 0 Å². The summed E-state index contributed by atoms with van der Waals surface area (Å²) in [6, 6.07) is 0. The molecule has 0 aromatic rings. The van der Waals surface area contributed by atoms with Gasteiger partial charge in [0.15, 0.2) is 0 Å². The first kappa shape index (κ1) is 19.9. The monoisotopic (exact) mass is 341 g/mol. The van der Waals surface area contributed by atoms with Crippen LogP contribution in [0.25, 0.3) is 0 Å².